The van der Waals surface area contributed by atoms with Gasteiger partial charge in [-0.1, -0.05) is 12.1 Å². The van der Waals surface area contributed by atoms with Gasteiger partial charge >= 0.3 is 12.1 Å². The second-order valence-electron chi connectivity index (χ2n) is 7.08. The summed E-state index contributed by atoms with van der Waals surface area (Å²) < 4.78 is 72.5. The fourth-order valence-electron chi connectivity index (χ4n) is 3.21. The zero-order valence-electron chi connectivity index (χ0n) is 15.7. The molecule has 1 aliphatic carbocycles. The number of nitrogens with one attached hydrogen (secondary N) is 1. The molecule has 11 heteroatoms. The Labute approximate surface area is 179 Å². The van der Waals surface area contributed by atoms with E-state index in [0.717, 1.165) is 42.6 Å². The van der Waals surface area contributed by atoms with Gasteiger partial charge in [0.2, 0.25) is 0 Å². The third kappa shape index (κ3) is 4.42. The number of carboxylic acid groups (broad SMARTS) is 1. The molecule has 31 heavy (non-hydrogen) atoms. The maximum atomic E-state index is 13.3. The van der Waals surface area contributed by atoms with Crippen molar-refractivity contribution in [3.8, 4) is 11.3 Å². The van der Waals surface area contributed by atoms with Crippen LogP contribution in [0, 0.1) is 0 Å². The first kappa shape index (κ1) is 21.3. The average Bonchev–Trinajstić information content (AvgIpc) is 3.40. The molecule has 0 amide bonds. The Morgan fingerprint density at radius 1 is 1.13 bits per heavy atom. The molecule has 1 saturated carbocycles. The fraction of sp³-hybridized carbons (Fsp3) is 0.200. The fourth-order valence-corrected chi connectivity index (χ4v) is 5.13. The third-order valence-corrected chi connectivity index (χ3v) is 6.85. The highest BCUT2D eigenvalue weighted by atomic mass is 32.2. The van der Waals surface area contributed by atoms with Crippen molar-refractivity contribution in [2.24, 2.45) is 0 Å². The van der Waals surface area contributed by atoms with E-state index < -0.39 is 27.7 Å². The van der Waals surface area contributed by atoms with Crippen LogP contribution in [0.5, 0.6) is 0 Å². The van der Waals surface area contributed by atoms with Crippen LogP contribution in [0.25, 0.3) is 11.3 Å². The van der Waals surface area contributed by atoms with Crippen molar-refractivity contribution < 1.29 is 31.5 Å². The van der Waals surface area contributed by atoms with Crippen molar-refractivity contribution in [2.45, 2.75) is 29.8 Å². The minimum absolute atomic E-state index is 0.0334. The lowest BCUT2D eigenvalue weighted by Gasteiger charge is -2.17. The molecule has 0 atom stereocenters. The second kappa shape index (κ2) is 7.65. The second-order valence-corrected chi connectivity index (χ2v) is 9.40. The van der Waals surface area contributed by atoms with Crippen LogP contribution in [-0.4, -0.2) is 23.9 Å². The average molecular weight is 468 g/mol. The lowest BCUT2D eigenvalue weighted by Crippen LogP contribution is -2.17. The molecule has 2 aromatic carbocycles. The maximum Gasteiger partial charge on any atom is 0.416 e. The maximum absolute atomic E-state index is 13.3. The summed E-state index contributed by atoms with van der Waals surface area (Å²) in [6.45, 7) is 0. The molecule has 0 radical (unpaired) electrons. The van der Waals surface area contributed by atoms with Gasteiger partial charge in [-0.15, -0.1) is 0 Å². The van der Waals surface area contributed by atoms with Crippen LogP contribution in [0.4, 0.5) is 18.9 Å². The molecular weight excluding hydrogens is 453 g/mol. The number of hydrogen-bond donors (Lipinski definition) is 2. The molecule has 0 unspecified atom stereocenters. The van der Waals surface area contributed by atoms with Crippen LogP contribution in [0.1, 0.15) is 40.2 Å². The van der Waals surface area contributed by atoms with E-state index in [1.165, 1.54) is 12.1 Å². The van der Waals surface area contributed by atoms with Crippen LogP contribution in [0.2, 0.25) is 0 Å². The molecule has 1 aliphatic rings. The number of hydrogen-bond acceptors (Lipinski definition) is 5. The summed E-state index contributed by atoms with van der Waals surface area (Å²) in [5.41, 5.74) is -0.597. The number of benzene rings is 2. The van der Waals surface area contributed by atoms with Gasteiger partial charge < -0.3 is 5.11 Å². The molecule has 1 heterocycles. The Balaban J connectivity index is 1.83. The van der Waals surface area contributed by atoms with Crippen molar-refractivity contribution in [1.82, 2.24) is 4.37 Å². The molecule has 162 valence electrons. The number of aromatic nitrogens is 1. The summed E-state index contributed by atoms with van der Waals surface area (Å²) in [6, 6.07) is 8.09. The topological polar surface area (TPSA) is 96.4 Å². The SMILES string of the molecule is O=C(O)c1ccc(C2CC2)c(S(=O)(=O)Nc2cc(C(F)(F)F)ccc2-c2ccsn2)c1. The van der Waals surface area contributed by atoms with Crippen molar-refractivity contribution in [2.75, 3.05) is 4.72 Å². The summed E-state index contributed by atoms with van der Waals surface area (Å²) in [7, 11) is -4.39. The number of aromatic carboxylic acids is 1. The third-order valence-electron chi connectivity index (χ3n) is 4.87. The van der Waals surface area contributed by atoms with Gasteiger partial charge in [0.05, 0.1) is 27.4 Å². The number of anilines is 1. The van der Waals surface area contributed by atoms with E-state index in [0.29, 0.717) is 17.3 Å². The first-order valence-corrected chi connectivity index (χ1v) is 11.4. The number of carbonyl (C=O) groups is 1. The van der Waals surface area contributed by atoms with Gasteiger partial charge in [0.15, 0.2) is 0 Å². The van der Waals surface area contributed by atoms with Crippen molar-refractivity contribution in [3.05, 3.63) is 64.5 Å². The summed E-state index contributed by atoms with van der Waals surface area (Å²) >= 11 is 1.07. The molecular formula is C20H15F3N2O4S2. The first-order chi connectivity index (χ1) is 14.6. The smallest absolute Gasteiger partial charge is 0.416 e. The standard InChI is InChI=1S/C20H15F3N2O4S2/c21-20(22,23)13-4-6-15(16-7-8-30-24-16)17(10-13)25-31(28,29)18-9-12(19(26)27)3-5-14(18)11-1-2-11/h3-11,25H,1-2H2,(H,26,27). The number of alkyl halides is 3. The normalized spacial score (nSPS) is 14.4. The van der Waals surface area contributed by atoms with Crippen molar-refractivity contribution in [3.63, 3.8) is 0 Å². The number of nitrogens with zero attached hydrogens (tertiary/aromatic N) is 1. The van der Waals surface area contributed by atoms with Crippen molar-refractivity contribution in [1.29, 1.82) is 0 Å². The van der Waals surface area contributed by atoms with E-state index in [9.17, 15) is 31.5 Å². The first-order valence-electron chi connectivity index (χ1n) is 9.08. The number of sulfonamides is 1. The molecule has 0 saturated heterocycles. The summed E-state index contributed by atoms with van der Waals surface area (Å²) in [6.07, 6.45) is -3.17. The number of carboxylic acids is 1. The largest absolute Gasteiger partial charge is 0.478 e. The Morgan fingerprint density at radius 3 is 2.45 bits per heavy atom. The van der Waals surface area contributed by atoms with E-state index in [1.807, 2.05) is 0 Å². The molecule has 1 aromatic heterocycles. The molecule has 0 aliphatic heterocycles. The van der Waals surface area contributed by atoms with E-state index >= 15 is 0 Å². The quantitative estimate of drug-likeness (QED) is 0.518. The Bertz CT molecular complexity index is 1250. The molecule has 2 N–H and O–H groups in total. The predicted octanol–water partition coefficient (Wildman–Crippen LogP) is 5.21. The molecule has 0 bridgehead atoms. The monoisotopic (exact) mass is 468 g/mol. The highest BCUT2D eigenvalue weighted by Crippen LogP contribution is 2.44. The van der Waals surface area contributed by atoms with Crippen LogP contribution in [0.15, 0.2) is 52.7 Å². The minimum Gasteiger partial charge on any atom is -0.478 e. The summed E-state index contributed by atoms with van der Waals surface area (Å²) in [4.78, 5) is 11.1. The lowest BCUT2D eigenvalue weighted by molar-refractivity contribution is -0.137. The highest BCUT2D eigenvalue weighted by Gasteiger charge is 2.34. The van der Waals surface area contributed by atoms with E-state index in [1.54, 1.807) is 11.4 Å². The van der Waals surface area contributed by atoms with Gasteiger partial charge in [-0.25, -0.2) is 13.2 Å². The molecule has 1 fully saturated rings. The van der Waals surface area contributed by atoms with Gasteiger partial charge in [-0.2, -0.15) is 17.5 Å². The van der Waals surface area contributed by atoms with Crippen LogP contribution in [-0.2, 0) is 16.2 Å². The lowest BCUT2D eigenvalue weighted by atomic mass is 10.1. The van der Waals surface area contributed by atoms with E-state index in [4.69, 9.17) is 0 Å². The summed E-state index contributed by atoms with van der Waals surface area (Å²) in [5, 5.41) is 10.9. The van der Waals surface area contributed by atoms with Crippen LogP contribution < -0.4 is 4.72 Å². The van der Waals surface area contributed by atoms with Crippen LogP contribution >= 0.6 is 11.5 Å². The molecule has 6 nitrogen and oxygen atoms in total. The Morgan fingerprint density at radius 2 is 1.87 bits per heavy atom. The zero-order chi connectivity index (χ0) is 22.4. The van der Waals surface area contributed by atoms with Crippen LogP contribution in [0.3, 0.4) is 0 Å². The van der Waals surface area contributed by atoms with Gasteiger partial charge in [0.1, 0.15) is 0 Å². The van der Waals surface area contributed by atoms with Crippen molar-refractivity contribution >= 4 is 33.2 Å². The minimum atomic E-state index is -4.68. The van der Waals surface area contributed by atoms with Gasteiger partial charge in [0, 0.05) is 10.9 Å². The molecule has 4 rings (SSSR count). The van der Waals surface area contributed by atoms with Gasteiger partial charge in [-0.05, 0) is 66.2 Å². The Hall–Kier alpha value is -2.92. The van der Waals surface area contributed by atoms with E-state index in [-0.39, 0.29) is 27.6 Å². The summed E-state index contributed by atoms with van der Waals surface area (Å²) in [5.74, 6) is -1.34. The zero-order valence-corrected chi connectivity index (χ0v) is 17.3. The van der Waals surface area contributed by atoms with Gasteiger partial charge in [0.25, 0.3) is 10.0 Å². The molecule has 0 spiro atoms. The van der Waals surface area contributed by atoms with E-state index in [2.05, 4.69) is 9.10 Å². The predicted molar refractivity (Wildman–Crippen MR) is 109 cm³/mol. The Kier molecular flexibility index (Phi) is 5.26. The highest BCUT2D eigenvalue weighted by molar-refractivity contribution is 7.92. The molecule has 3 aromatic rings. The number of rotatable bonds is 6. The van der Waals surface area contributed by atoms with Gasteiger partial charge in [-0.3, -0.25) is 4.72 Å². The number of halogens is 3.